The topological polar surface area (TPSA) is 66.6 Å². The fraction of sp³-hybridized carbons (Fsp3) is 0.172. The fourth-order valence-corrected chi connectivity index (χ4v) is 8.86. The molecule has 8 aromatic carbocycles. The maximum absolute atomic E-state index is 6.80. The van der Waals surface area contributed by atoms with E-state index in [2.05, 4.69) is 228 Å². The summed E-state index contributed by atoms with van der Waals surface area (Å²) in [5, 5.41) is 24.5. The average molecular weight is 839 g/mol. The molecule has 2 atom stereocenters. The molecule has 0 heterocycles. The number of allylic oxidation sites excluding steroid dienone is 2. The summed E-state index contributed by atoms with van der Waals surface area (Å²) in [6, 6.07) is 59.9. The zero-order chi connectivity index (χ0) is 43.0. The van der Waals surface area contributed by atoms with E-state index in [1.165, 1.54) is 43.1 Å². The molecule has 2 aliphatic rings. The Morgan fingerprint density at radius 1 is 0.359 bits per heavy atom. The molecular formula is C58H54N4O2. The highest BCUT2D eigenvalue weighted by Gasteiger charge is 2.31. The number of hydrogen-bond acceptors (Lipinski definition) is 6. The summed E-state index contributed by atoms with van der Waals surface area (Å²) >= 11 is 0. The lowest BCUT2D eigenvalue weighted by Crippen LogP contribution is -2.40. The largest absolute Gasteiger partial charge is 0.356 e. The maximum atomic E-state index is 6.80. The summed E-state index contributed by atoms with van der Waals surface area (Å²) in [5.41, 5.74) is 5.00. The number of ether oxygens (including phenoxy) is 2. The van der Waals surface area contributed by atoms with Crippen molar-refractivity contribution in [2.24, 2.45) is 0 Å². The van der Waals surface area contributed by atoms with Crippen LogP contribution in [-0.4, -0.2) is 24.7 Å². The molecule has 0 saturated carbocycles. The molecule has 0 radical (unpaired) electrons. The van der Waals surface area contributed by atoms with Crippen LogP contribution in [0.2, 0.25) is 0 Å². The van der Waals surface area contributed by atoms with Crippen LogP contribution in [0.15, 0.2) is 218 Å². The van der Waals surface area contributed by atoms with Crippen molar-refractivity contribution in [1.29, 1.82) is 0 Å². The summed E-state index contributed by atoms with van der Waals surface area (Å²) in [6.07, 6.45) is 18.5. The molecule has 6 nitrogen and oxygen atoms in total. The summed E-state index contributed by atoms with van der Waals surface area (Å²) < 4.78 is 13.6. The molecule has 2 aliphatic carbocycles. The molecule has 0 bridgehead atoms. The molecule has 64 heavy (non-hydrogen) atoms. The van der Waals surface area contributed by atoms with Gasteiger partial charge in [-0.05, 0) is 129 Å². The lowest BCUT2D eigenvalue weighted by Gasteiger charge is -2.35. The number of nitrogens with one attached hydrogen (secondary N) is 4. The highest BCUT2D eigenvalue weighted by molar-refractivity contribution is 5.88. The minimum absolute atomic E-state index is 0.640. The van der Waals surface area contributed by atoms with Crippen molar-refractivity contribution in [2.45, 2.75) is 50.0 Å². The number of rotatable bonds is 17. The highest BCUT2D eigenvalue weighted by atomic mass is 16.5. The minimum atomic E-state index is -0.663. The molecule has 6 heteroatoms. The molecule has 10 rings (SSSR count). The number of benzene rings is 8. The monoisotopic (exact) mass is 838 g/mol. The lowest BCUT2D eigenvalue weighted by atomic mass is 10.0. The van der Waals surface area contributed by atoms with Crippen LogP contribution in [0.4, 0.5) is 22.7 Å². The van der Waals surface area contributed by atoms with E-state index in [1.807, 2.05) is 0 Å². The number of unbranched alkanes of at least 4 members (excludes halogenated alkanes) is 3. The first kappa shape index (κ1) is 40.9. The Hall–Kier alpha value is -7.12. The van der Waals surface area contributed by atoms with E-state index in [1.54, 1.807) is 0 Å². The van der Waals surface area contributed by atoms with Crippen molar-refractivity contribution >= 4 is 65.8 Å². The smallest absolute Gasteiger partial charge is 0.161 e. The van der Waals surface area contributed by atoms with Gasteiger partial charge in [-0.15, -0.1) is 0 Å². The van der Waals surface area contributed by atoms with E-state index in [4.69, 9.17) is 9.47 Å². The third kappa shape index (κ3) is 9.74. The van der Waals surface area contributed by atoms with Gasteiger partial charge < -0.3 is 30.7 Å². The summed E-state index contributed by atoms with van der Waals surface area (Å²) in [5.74, 6) is 0. The molecule has 0 aliphatic heterocycles. The Balaban J connectivity index is 0.758. The predicted molar refractivity (Wildman–Crippen MR) is 270 cm³/mol. The summed E-state index contributed by atoms with van der Waals surface area (Å²) in [7, 11) is 0. The van der Waals surface area contributed by atoms with Crippen LogP contribution in [0.3, 0.4) is 0 Å². The Morgan fingerprint density at radius 3 is 1.03 bits per heavy atom. The average Bonchev–Trinajstić information content (AvgIpc) is 3.34. The van der Waals surface area contributed by atoms with Gasteiger partial charge in [-0.3, -0.25) is 0 Å². The quantitative estimate of drug-likeness (QED) is 0.0541. The Kier molecular flexibility index (Phi) is 12.0. The van der Waals surface area contributed by atoms with E-state index < -0.39 is 11.4 Å². The molecular weight excluding hydrogens is 785 g/mol. The van der Waals surface area contributed by atoms with E-state index >= 15 is 0 Å². The van der Waals surface area contributed by atoms with Gasteiger partial charge in [-0.2, -0.15) is 0 Å². The van der Waals surface area contributed by atoms with Crippen molar-refractivity contribution < 1.29 is 9.47 Å². The second-order valence-electron chi connectivity index (χ2n) is 17.0. The van der Waals surface area contributed by atoms with E-state index in [9.17, 15) is 0 Å². The zero-order valence-electron chi connectivity index (χ0n) is 36.1. The van der Waals surface area contributed by atoms with Crippen LogP contribution < -0.4 is 21.3 Å². The number of anilines is 4. The van der Waals surface area contributed by atoms with Gasteiger partial charge in [0.15, 0.2) is 11.4 Å². The second kappa shape index (κ2) is 18.7. The van der Waals surface area contributed by atoms with Gasteiger partial charge in [0.2, 0.25) is 0 Å². The van der Waals surface area contributed by atoms with Crippen molar-refractivity contribution in [1.82, 2.24) is 0 Å². The molecule has 0 spiro atoms. The van der Waals surface area contributed by atoms with Crippen molar-refractivity contribution in [2.75, 3.05) is 34.5 Å². The molecule has 2 unspecified atom stereocenters. The number of fused-ring (bicyclic) bond motifs is 4. The van der Waals surface area contributed by atoms with Crippen LogP contribution in [0.25, 0.3) is 43.1 Å². The minimum Gasteiger partial charge on any atom is -0.356 e. The van der Waals surface area contributed by atoms with Gasteiger partial charge in [0.25, 0.3) is 0 Å². The first-order valence-corrected chi connectivity index (χ1v) is 22.7. The molecule has 8 aromatic rings. The van der Waals surface area contributed by atoms with Crippen LogP contribution >= 0.6 is 0 Å². The fourth-order valence-electron chi connectivity index (χ4n) is 8.86. The Labute approximate surface area is 376 Å². The second-order valence-corrected chi connectivity index (χ2v) is 17.0. The standard InChI is InChI=1S/C58H54N4O2/c1(11-37-63-57(61-55-27-23-45-15-5-9-19-49(45)41-55)33-29-51(30-34-57)59-53-25-21-43-13-3-7-17-47(43)39-53)2-12-38-64-58(62-56-28-24-46-16-6-10-20-50(46)42-56)35-31-52(32-36-58)60-54-26-22-44-14-4-8-18-48(44)40-54/h3-10,13-33,35,39-42,59-62H,1-2,11-12,34,36-38H2. The SMILES string of the molecule is C1=CC(Nc2ccc3ccccc3c2)(OCCCCCCOC2(Nc3ccc4ccccc4c3)C=CC(Nc3ccc4ccccc4c3)=CC2)CC=C1Nc1ccc2ccccc2c1. The number of hydrogen-bond donors (Lipinski definition) is 4. The van der Waals surface area contributed by atoms with Crippen molar-refractivity contribution in [3.05, 3.63) is 218 Å². The highest BCUT2D eigenvalue weighted by Crippen LogP contribution is 2.33. The predicted octanol–water partition coefficient (Wildman–Crippen LogP) is 14.7. The van der Waals surface area contributed by atoms with Gasteiger partial charge in [-0.25, -0.2) is 0 Å². The van der Waals surface area contributed by atoms with Crippen LogP contribution in [-0.2, 0) is 9.47 Å². The first-order chi connectivity index (χ1) is 31.5. The van der Waals surface area contributed by atoms with Gasteiger partial charge in [-0.1, -0.05) is 146 Å². The Morgan fingerprint density at radius 2 is 0.688 bits per heavy atom. The lowest BCUT2D eigenvalue weighted by molar-refractivity contribution is 0.00647. The third-order valence-electron chi connectivity index (χ3n) is 12.4. The zero-order valence-corrected chi connectivity index (χ0v) is 36.1. The molecule has 4 N–H and O–H groups in total. The molecule has 0 amide bonds. The molecule has 0 aromatic heterocycles. The Bertz CT molecular complexity index is 2850. The van der Waals surface area contributed by atoms with Crippen molar-refractivity contribution in [3.8, 4) is 0 Å². The van der Waals surface area contributed by atoms with E-state index in [0.29, 0.717) is 26.1 Å². The molecule has 0 saturated heterocycles. The maximum Gasteiger partial charge on any atom is 0.161 e. The first-order valence-electron chi connectivity index (χ1n) is 22.7. The van der Waals surface area contributed by atoms with Gasteiger partial charge in [0.05, 0.1) is 0 Å². The van der Waals surface area contributed by atoms with E-state index in [-0.39, 0.29) is 0 Å². The third-order valence-corrected chi connectivity index (χ3v) is 12.4. The van der Waals surface area contributed by atoms with Crippen LogP contribution in [0.1, 0.15) is 38.5 Å². The normalized spacial score (nSPS) is 18.2. The molecule has 0 fully saturated rings. The van der Waals surface area contributed by atoms with Gasteiger partial charge in [0, 0.05) is 60.2 Å². The van der Waals surface area contributed by atoms with Crippen molar-refractivity contribution in [3.63, 3.8) is 0 Å². The van der Waals surface area contributed by atoms with Gasteiger partial charge >= 0.3 is 0 Å². The van der Waals surface area contributed by atoms with Crippen LogP contribution in [0.5, 0.6) is 0 Å². The van der Waals surface area contributed by atoms with Crippen LogP contribution in [0, 0.1) is 0 Å². The summed E-state index contributed by atoms with van der Waals surface area (Å²) in [6.45, 7) is 1.28. The van der Waals surface area contributed by atoms with Gasteiger partial charge in [0.1, 0.15) is 0 Å². The summed E-state index contributed by atoms with van der Waals surface area (Å²) in [4.78, 5) is 0. The van der Waals surface area contributed by atoms with E-state index in [0.717, 1.165) is 59.8 Å². The molecule has 318 valence electrons.